The van der Waals surface area contributed by atoms with E-state index in [9.17, 15) is 0 Å². The van der Waals surface area contributed by atoms with E-state index < -0.39 is 0 Å². The van der Waals surface area contributed by atoms with Crippen LogP contribution in [-0.2, 0) is 4.74 Å². The van der Waals surface area contributed by atoms with E-state index in [-0.39, 0.29) is 0 Å². The molecule has 0 heterocycles. The molecule has 0 amide bonds. The zero-order valence-electron chi connectivity index (χ0n) is 11.0. The third-order valence-electron chi connectivity index (χ3n) is 2.63. The van der Waals surface area contributed by atoms with Crippen molar-refractivity contribution in [3.63, 3.8) is 0 Å². The van der Waals surface area contributed by atoms with Gasteiger partial charge in [0.15, 0.2) is 0 Å². The summed E-state index contributed by atoms with van der Waals surface area (Å²) >= 11 is 0. The van der Waals surface area contributed by atoms with Crippen LogP contribution >= 0.6 is 0 Å². The fourth-order valence-corrected chi connectivity index (χ4v) is 1.77. The van der Waals surface area contributed by atoms with Gasteiger partial charge in [-0.05, 0) is 38.8 Å². The first kappa shape index (κ1) is 14.2. The van der Waals surface area contributed by atoms with Gasteiger partial charge in [0.1, 0.15) is 0 Å². The van der Waals surface area contributed by atoms with Gasteiger partial charge in [-0.25, -0.2) is 0 Å². The summed E-state index contributed by atoms with van der Waals surface area (Å²) in [5.74, 6) is 0. The highest BCUT2D eigenvalue weighted by Crippen LogP contribution is 2.16. The van der Waals surface area contributed by atoms with Gasteiger partial charge in [0.05, 0.1) is 6.10 Å². The van der Waals surface area contributed by atoms with Gasteiger partial charge in [0.2, 0.25) is 0 Å². The van der Waals surface area contributed by atoms with Crippen molar-refractivity contribution in [1.82, 2.24) is 5.32 Å². The average molecular weight is 234 g/mol. The molecule has 2 heteroatoms. The second-order valence-corrected chi connectivity index (χ2v) is 4.48. The van der Waals surface area contributed by atoms with Gasteiger partial charge in [0.25, 0.3) is 0 Å². The number of hydrogen-bond acceptors (Lipinski definition) is 2. The molecule has 0 aliphatic rings. The standard InChI is InChI=1S/C15H24NO/c1-4-11-16-15(10-12-17-13(2)3)14-8-6-5-7-9-14/h5-9,13,15-16H,1,4,10-12H2,2-3H3. The molecule has 95 valence electrons. The van der Waals surface area contributed by atoms with E-state index >= 15 is 0 Å². The van der Waals surface area contributed by atoms with E-state index in [2.05, 4.69) is 50.4 Å². The lowest BCUT2D eigenvalue weighted by atomic mass is 10.0. The van der Waals surface area contributed by atoms with Gasteiger partial charge < -0.3 is 10.1 Å². The second kappa shape index (κ2) is 8.26. The molecule has 1 radical (unpaired) electrons. The Morgan fingerprint density at radius 1 is 1.24 bits per heavy atom. The van der Waals surface area contributed by atoms with Crippen molar-refractivity contribution in [2.45, 2.75) is 38.8 Å². The molecule has 0 aliphatic carbocycles. The highest BCUT2D eigenvalue weighted by molar-refractivity contribution is 5.18. The Kier molecular flexibility index (Phi) is 6.90. The fraction of sp³-hybridized carbons (Fsp3) is 0.533. The minimum absolute atomic E-state index is 0.305. The lowest BCUT2D eigenvalue weighted by Gasteiger charge is -2.19. The molecule has 0 fully saturated rings. The van der Waals surface area contributed by atoms with Crippen LogP contribution in [0.2, 0.25) is 0 Å². The van der Waals surface area contributed by atoms with Crippen LogP contribution in [0.3, 0.4) is 0 Å². The molecule has 1 unspecified atom stereocenters. The highest BCUT2D eigenvalue weighted by Gasteiger charge is 2.10. The maximum absolute atomic E-state index is 5.62. The van der Waals surface area contributed by atoms with Gasteiger partial charge in [-0.15, -0.1) is 0 Å². The van der Waals surface area contributed by atoms with E-state index in [1.54, 1.807) is 0 Å². The Bertz CT molecular complexity index is 284. The third-order valence-corrected chi connectivity index (χ3v) is 2.63. The van der Waals surface area contributed by atoms with Crippen molar-refractivity contribution >= 4 is 0 Å². The number of hydrogen-bond donors (Lipinski definition) is 1. The van der Waals surface area contributed by atoms with Crippen LogP contribution in [0, 0.1) is 6.92 Å². The summed E-state index contributed by atoms with van der Waals surface area (Å²) in [5.41, 5.74) is 1.33. The van der Waals surface area contributed by atoms with Gasteiger partial charge in [0, 0.05) is 12.6 Å². The minimum atomic E-state index is 0.305. The Labute approximate surface area is 105 Å². The smallest absolute Gasteiger partial charge is 0.0518 e. The first-order valence-corrected chi connectivity index (χ1v) is 6.43. The molecule has 0 spiro atoms. The summed E-state index contributed by atoms with van der Waals surface area (Å²) in [4.78, 5) is 0. The number of rotatable bonds is 8. The topological polar surface area (TPSA) is 21.3 Å². The first-order chi connectivity index (χ1) is 8.24. The summed E-state index contributed by atoms with van der Waals surface area (Å²) in [6.07, 6.45) is 2.22. The van der Waals surface area contributed by atoms with Gasteiger partial charge in [-0.1, -0.05) is 37.3 Å². The van der Waals surface area contributed by atoms with Crippen LogP contribution in [-0.4, -0.2) is 19.3 Å². The molecule has 17 heavy (non-hydrogen) atoms. The summed E-state index contributed by atoms with van der Waals surface area (Å²) in [7, 11) is 0. The van der Waals surface area contributed by atoms with E-state index in [4.69, 9.17) is 4.74 Å². The number of ether oxygens (including phenoxy) is 1. The lowest BCUT2D eigenvalue weighted by Crippen LogP contribution is -2.24. The molecule has 2 nitrogen and oxygen atoms in total. The molecular weight excluding hydrogens is 210 g/mol. The average Bonchev–Trinajstić information content (AvgIpc) is 2.34. The summed E-state index contributed by atoms with van der Waals surface area (Å²) in [6, 6.07) is 10.9. The molecule has 1 atom stereocenters. The minimum Gasteiger partial charge on any atom is -0.379 e. The van der Waals surface area contributed by atoms with Crippen molar-refractivity contribution in [3.8, 4) is 0 Å². The normalized spacial score (nSPS) is 12.9. The molecule has 0 bridgehead atoms. The quantitative estimate of drug-likeness (QED) is 0.744. The lowest BCUT2D eigenvalue weighted by molar-refractivity contribution is 0.0715. The van der Waals surface area contributed by atoms with E-state index in [0.717, 1.165) is 26.0 Å². The zero-order valence-corrected chi connectivity index (χ0v) is 11.0. The SMILES string of the molecule is [CH2]CCNC(CCOC(C)C)c1ccccc1. The van der Waals surface area contributed by atoms with Crippen LogP contribution < -0.4 is 5.32 Å². The molecule has 1 rings (SSSR count). The van der Waals surface area contributed by atoms with E-state index in [1.165, 1.54) is 5.56 Å². The van der Waals surface area contributed by atoms with E-state index in [1.807, 2.05) is 6.07 Å². The summed E-state index contributed by atoms with van der Waals surface area (Å²) in [6.45, 7) is 9.75. The molecule has 1 aromatic carbocycles. The van der Waals surface area contributed by atoms with Gasteiger partial charge in [-0.2, -0.15) is 0 Å². The molecule has 0 saturated carbocycles. The van der Waals surface area contributed by atoms with Crippen LogP contribution in [0.4, 0.5) is 0 Å². The fourth-order valence-electron chi connectivity index (χ4n) is 1.77. The van der Waals surface area contributed by atoms with E-state index in [0.29, 0.717) is 12.1 Å². The summed E-state index contributed by atoms with van der Waals surface area (Å²) < 4.78 is 5.62. The monoisotopic (exact) mass is 234 g/mol. The molecular formula is C15H24NO. The van der Waals surface area contributed by atoms with Crippen LogP contribution in [0.1, 0.15) is 38.3 Å². The largest absolute Gasteiger partial charge is 0.379 e. The number of benzene rings is 1. The van der Waals surface area contributed by atoms with Crippen molar-refractivity contribution in [2.75, 3.05) is 13.2 Å². The Balaban J connectivity index is 2.48. The number of nitrogens with one attached hydrogen (secondary N) is 1. The Morgan fingerprint density at radius 3 is 2.53 bits per heavy atom. The maximum atomic E-state index is 5.62. The molecule has 0 aliphatic heterocycles. The third kappa shape index (κ3) is 5.85. The predicted molar refractivity (Wildman–Crippen MR) is 72.9 cm³/mol. The van der Waals surface area contributed by atoms with Gasteiger partial charge >= 0.3 is 0 Å². The van der Waals surface area contributed by atoms with Crippen LogP contribution in [0.25, 0.3) is 0 Å². The van der Waals surface area contributed by atoms with Crippen molar-refractivity contribution in [3.05, 3.63) is 42.8 Å². The van der Waals surface area contributed by atoms with Crippen LogP contribution in [0.15, 0.2) is 30.3 Å². The zero-order chi connectivity index (χ0) is 12.5. The molecule has 1 N–H and O–H groups in total. The molecule has 0 saturated heterocycles. The second-order valence-electron chi connectivity index (χ2n) is 4.48. The Morgan fingerprint density at radius 2 is 1.94 bits per heavy atom. The van der Waals surface area contributed by atoms with Crippen LogP contribution in [0.5, 0.6) is 0 Å². The van der Waals surface area contributed by atoms with Crippen molar-refractivity contribution in [1.29, 1.82) is 0 Å². The predicted octanol–water partition coefficient (Wildman–Crippen LogP) is 3.36. The molecule has 1 aromatic rings. The van der Waals surface area contributed by atoms with Crippen molar-refractivity contribution < 1.29 is 4.74 Å². The maximum Gasteiger partial charge on any atom is 0.0518 e. The first-order valence-electron chi connectivity index (χ1n) is 6.43. The molecule has 0 aromatic heterocycles. The Hall–Kier alpha value is -0.860. The summed E-state index contributed by atoms with van der Waals surface area (Å²) in [5, 5.41) is 3.52. The highest BCUT2D eigenvalue weighted by atomic mass is 16.5. The van der Waals surface area contributed by atoms with Crippen molar-refractivity contribution in [2.24, 2.45) is 0 Å². The van der Waals surface area contributed by atoms with Gasteiger partial charge in [-0.3, -0.25) is 0 Å².